The largest absolute Gasteiger partial charge is 0.497 e. The number of carbonyl (C=O) groups is 1. The third-order valence-corrected chi connectivity index (χ3v) is 7.07. The average Bonchev–Trinajstić information content (AvgIpc) is 3.48. The summed E-state index contributed by atoms with van der Waals surface area (Å²) in [4.78, 5) is 35.0. The number of amidine groups is 1. The van der Waals surface area contributed by atoms with Gasteiger partial charge in [-0.25, -0.2) is 19.8 Å². The number of amides is 2. The smallest absolute Gasteiger partial charge is 0.324 e. The fourth-order valence-corrected chi connectivity index (χ4v) is 5.09. The molecule has 0 spiro atoms. The number of urea groups is 1. The van der Waals surface area contributed by atoms with E-state index in [9.17, 15) is 4.79 Å². The minimum Gasteiger partial charge on any atom is -0.497 e. The molecular weight excluding hydrogens is 536 g/mol. The molecule has 1 fully saturated rings. The highest BCUT2D eigenvalue weighted by Crippen LogP contribution is 2.42. The predicted molar refractivity (Wildman–Crippen MR) is 155 cm³/mol. The Labute approximate surface area is 238 Å². The van der Waals surface area contributed by atoms with Gasteiger partial charge in [0.1, 0.15) is 17.8 Å². The number of aromatic nitrogens is 2. The highest BCUT2D eigenvalue weighted by molar-refractivity contribution is 6.15. The van der Waals surface area contributed by atoms with Gasteiger partial charge in [0, 0.05) is 21.2 Å². The molecule has 1 unspecified atom stereocenters. The number of methoxy groups -OCH3 is 1. The van der Waals surface area contributed by atoms with Crippen molar-refractivity contribution >= 4 is 35.4 Å². The second kappa shape index (κ2) is 10.8. The summed E-state index contributed by atoms with van der Waals surface area (Å²) < 4.78 is 7.25. The van der Waals surface area contributed by atoms with Crippen LogP contribution in [0.3, 0.4) is 0 Å². The summed E-state index contributed by atoms with van der Waals surface area (Å²) in [5, 5.41) is 10.4. The van der Waals surface area contributed by atoms with E-state index in [1.165, 1.54) is 6.34 Å². The van der Waals surface area contributed by atoms with Crippen molar-refractivity contribution in [2.24, 2.45) is 20.2 Å². The Morgan fingerprint density at radius 1 is 0.905 bits per heavy atom. The number of fused-ring (bicyclic) bond motifs is 3. The van der Waals surface area contributed by atoms with Crippen LogP contribution in [-0.2, 0) is 18.6 Å². The maximum atomic E-state index is 13.7. The van der Waals surface area contributed by atoms with Crippen molar-refractivity contribution in [3.63, 3.8) is 0 Å². The number of benzene rings is 3. The van der Waals surface area contributed by atoms with Crippen LogP contribution in [0.4, 0.5) is 22.0 Å². The van der Waals surface area contributed by atoms with Crippen molar-refractivity contribution in [1.82, 2.24) is 19.8 Å². The van der Waals surface area contributed by atoms with Gasteiger partial charge in [-0.2, -0.15) is 0 Å². The number of ether oxygens (including phenoxy) is 1. The van der Waals surface area contributed by atoms with E-state index in [2.05, 4.69) is 35.4 Å². The van der Waals surface area contributed by atoms with E-state index in [1.807, 2.05) is 41.0 Å². The van der Waals surface area contributed by atoms with Crippen LogP contribution in [0.25, 0.3) is 20.9 Å². The Balaban J connectivity index is 1.42. The van der Waals surface area contributed by atoms with Crippen molar-refractivity contribution in [2.75, 3.05) is 7.11 Å². The lowest BCUT2D eigenvalue weighted by molar-refractivity contribution is 0.225. The molecule has 0 radical (unpaired) electrons. The van der Waals surface area contributed by atoms with Gasteiger partial charge in [0.2, 0.25) is 0 Å². The van der Waals surface area contributed by atoms with E-state index in [0.717, 1.165) is 16.7 Å². The lowest BCUT2D eigenvalue weighted by Crippen LogP contribution is -2.45. The SMILES string of the molecule is COc1ccc(C23NC(=O)N(Cc4ccc(N=[N+]=[N-])cc4)C2=NC=Nc2c3ncn2Cc2ccc(N=[N+]=[N-])cc2)cc1. The molecule has 6 rings (SSSR count). The highest BCUT2D eigenvalue weighted by atomic mass is 16.5. The molecule has 14 nitrogen and oxygen atoms in total. The fraction of sp³-hybridized carbons (Fsp3) is 0.143. The quantitative estimate of drug-likeness (QED) is 0.150. The summed E-state index contributed by atoms with van der Waals surface area (Å²) in [6.07, 6.45) is 3.11. The zero-order valence-corrected chi connectivity index (χ0v) is 22.2. The minimum atomic E-state index is -1.24. The van der Waals surface area contributed by atoms with Gasteiger partial charge in [0.25, 0.3) is 0 Å². The molecule has 0 aliphatic carbocycles. The molecule has 4 aromatic rings. The number of rotatable bonds is 8. The summed E-state index contributed by atoms with van der Waals surface area (Å²) in [6.45, 7) is 0.639. The van der Waals surface area contributed by atoms with Crippen molar-refractivity contribution in [3.05, 3.63) is 122 Å². The van der Waals surface area contributed by atoms with Crippen molar-refractivity contribution in [1.29, 1.82) is 0 Å². The molecule has 2 aliphatic heterocycles. The van der Waals surface area contributed by atoms with Gasteiger partial charge in [-0.1, -0.05) is 70.9 Å². The van der Waals surface area contributed by atoms with Crippen molar-refractivity contribution in [2.45, 2.75) is 18.6 Å². The number of nitrogens with one attached hydrogen (secondary N) is 1. The van der Waals surface area contributed by atoms with Gasteiger partial charge in [-0.15, -0.1) is 0 Å². The number of hydrogen-bond donors (Lipinski definition) is 1. The Kier molecular flexibility index (Phi) is 6.73. The molecule has 1 atom stereocenters. The molecule has 206 valence electrons. The second-order valence-electron chi connectivity index (χ2n) is 9.45. The van der Waals surface area contributed by atoms with Crippen LogP contribution in [0.15, 0.2) is 99.3 Å². The number of hydrogen-bond acceptors (Lipinski definition) is 7. The van der Waals surface area contributed by atoms with Crippen LogP contribution in [0.5, 0.6) is 5.75 Å². The van der Waals surface area contributed by atoms with Gasteiger partial charge in [-0.3, -0.25) is 4.90 Å². The molecule has 2 aliphatic rings. The first-order valence-corrected chi connectivity index (χ1v) is 12.7. The Hall–Kier alpha value is -6.10. The van der Waals surface area contributed by atoms with Gasteiger partial charge in [0.05, 0.1) is 26.5 Å². The van der Waals surface area contributed by atoms with Gasteiger partial charge >= 0.3 is 6.03 Å². The second-order valence-corrected chi connectivity index (χ2v) is 9.45. The van der Waals surface area contributed by atoms with Gasteiger partial charge < -0.3 is 14.6 Å². The van der Waals surface area contributed by atoms with Gasteiger partial charge in [0.15, 0.2) is 17.2 Å². The maximum absolute atomic E-state index is 13.7. The first-order chi connectivity index (χ1) is 20.5. The standard InChI is InChI=1S/C28H22N12O2/c1-42-23-12-6-20(7-13-23)28-24-25(39(17-33-24)14-18-2-8-21(9-3-18)35-37-29)31-16-32-26(28)40(27(41)34-28)15-19-4-10-22(11-5-19)36-38-30/h2-13,16-17H,14-15H2,1H3,(H,34,41). The molecule has 3 heterocycles. The fourth-order valence-electron chi connectivity index (χ4n) is 5.09. The zero-order valence-electron chi connectivity index (χ0n) is 22.2. The molecule has 2 amide bonds. The van der Waals surface area contributed by atoms with Gasteiger partial charge in [-0.05, 0) is 39.9 Å². The molecular formula is C28H22N12O2. The Morgan fingerprint density at radius 3 is 2.12 bits per heavy atom. The van der Waals surface area contributed by atoms with E-state index in [1.54, 1.807) is 54.7 Å². The topological polar surface area (TPSA) is 182 Å². The predicted octanol–water partition coefficient (Wildman–Crippen LogP) is 6.36. The summed E-state index contributed by atoms with van der Waals surface area (Å²) in [5.41, 5.74) is 20.1. The molecule has 0 bridgehead atoms. The Morgan fingerprint density at radius 2 is 1.52 bits per heavy atom. The number of azide groups is 2. The highest BCUT2D eigenvalue weighted by Gasteiger charge is 2.55. The lowest BCUT2D eigenvalue weighted by atomic mass is 9.85. The number of imidazole rings is 1. The lowest BCUT2D eigenvalue weighted by Gasteiger charge is -2.28. The van der Waals surface area contributed by atoms with Crippen molar-refractivity contribution in [3.8, 4) is 5.75 Å². The molecule has 42 heavy (non-hydrogen) atoms. The summed E-state index contributed by atoms with van der Waals surface area (Å²) in [6, 6.07) is 21.2. The van der Waals surface area contributed by atoms with Crippen molar-refractivity contribution < 1.29 is 9.53 Å². The summed E-state index contributed by atoms with van der Waals surface area (Å²) >= 11 is 0. The van der Waals surface area contributed by atoms with E-state index in [4.69, 9.17) is 20.8 Å². The molecule has 3 aromatic carbocycles. The monoisotopic (exact) mass is 558 g/mol. The Bertz CT molecular complexity index is 1810. The van der Waals surface area contributed by atoms with Crippen LogP contribution in [0.2, 0.25) is 0 Å². The first-order valence-electron chi connectivity index (χ1n) is 12.7. The van der Waals surface area contributed by atoms with E-state index in [-0.39, 0.29) is 12.6 Å². The van der Waals surface area contributed by atoms with Crippen LogP contribution < -0.4 is 10.1 Å². The minimum absolute atomic E-state index is 0.209. The van der Waals surface area contributed by atoms with Crippen LogP contribution >= 0.6 is 0 Å². The zero-order chi connectivity index (χ0) is 29.1. The number of carbonyl (C=O) groups excluding carboxylic acids is 1. The van der Waals surface area contributed by atoms with E-state index < -0.39 is 5.54 Å². The molecule has 0 saturated carbocycles. The normalized spacial score (nSPS) is 16.7. The molecule has 1 N–H and O–H groups in total. The van der Waals surface area contributed by atoms with E-state index >= 15 is 0 Å². The van der Waals surface area contributed by atoms with E-state index in [0.29, 0.717) is 41.0 Å². The maximum Gasteiger partial charge on any atom is 0.324 e. The summed E-state index contributed by atoms with van der Waals surface area (Å²) in [5.74, 6) is 1.61. The third kappa shape index (κ3) is 4.54. The molecule has 14 heteroatoms. The average molecular weight is 559 g/mol. The van der Waals surface area contributed by atoms with Crippen LogP contribution in [-0.4, -0.2) is 39.8 Å². The van der Waals surface area contributed by atoms with Crippen LogP contribution in [0, 0.1) is 0 Å². The molecule has 1 saturated heterocycles. The first kappa shape index (κ1) is 26.1. The molecule has 1 aromatic heterocycles. The summed E-state index contributed by atoms with van der Waals surface area (Å²) in [7, 11) is 1.59. The number of aliphatic imine (C=N–C) groups is 2. The number of nitrogens with zero attached hydrogens (tertiary/aromatic N) is 11. The third-order valence-electron chi connectivity index (χ3n) is 7.07. The van der Waals surface area contributed by atoms with Crippen LogP contribution in [0.1, 0.15) is 22.4 Å².